The van der Waals surface area contributed by atoms with Crippen molar-refractivity contribution in [1.29, 1.82) is 0 Å². The third-order valence-electron chi connectivity index (χ3n) is 4.83. The predicted molar refractivity (Wildman–Crippen MR) is 72.3 cm³/mol. The fourth-order valence-corrected chi connectivity index (χ4v) is 3.67. The molecule has 1 aliphatic carbocycles. The van der Waals surface area contributed by atoms with Gasteiger partial charge in [-0.25, -0.2) is 26.9 Å². The smallest absolute Gasteiger partial charge is 0.292 e. The van der Waals surface area contributed by atoms with Gasteiger partial charge in [-0.1, -0.05) is 12.8 Å². The topological polar surface area (TPSA) is 53.4 Å². The number of nitrogens with zero attached hydrogens (tertiary/aromatic N) is 2. The number of aliphatic hydroxyl groups excluding tert-OH is 1. The van der Waals surface area contributed by atoms with Gasteiger partial charge in [-0.3, -0.25) is 4.79 Å². The molecule has 1 unspecified atom stereocenters. The van der Waals surface area contributed by atoms with E-state index in [9.17, 15) is 31.9 Å². The highest BCUT2D eigenvalue weighted by molar-refractivity contribution is 5.93. The van der Waals surface area contributed by atoms with Gasteiger partial charge in [-0.05, 0) is 25.0 Å². The summed E-state index contributed by atoms with van der Waals surface area (Å²) in [6.07, 6.45) is -3.74. The molecule has 1 atom stereocenters. The molecule has 1 spiro atoms. The lowest BCUT2D eigenvalue weighted by Gasteiger charge is -2.36. The Morgan fingerprint density at radius 2 is 1.92 bits per heavy atom. The molecule has 4 nitrogen and oxygen atoms in total. The fourth-order valence-electron chi connectivity index (χ4n) is 3.67. The molecule has 1 aromatic heterocycles. The van der Waals surface area contributed by atoms with Crippen LogP contribution in [0.2, 0.25) is 0 Å². The molecule has 2 aliphatic rings. The van der Waals surface area contributed by atoms with Crippen LogP contribution in [0.15, 0.2) is 12.1 Å². The molecule has 0 radical (unpaired) electrons. The molecule has 0 bridgehead atoms. The summed E-state index contributed by atoms with van der Waals surface area (Å²) in [5.41, 5.74) is -3.17. The second-order valence-electron chi connectivity index (χ2n) is 6.23. The molecule has 1 saturated heterocycles. The second kappa shape index (κ2) is 5.65. The molecule has 1 aromatic rings. The van der Waals surface area contributed by atoms with Crippen LogP contribution in [0.3, 0.4) is 0 Å². The van der Waals surface area contributed by atoms with Gasteiger partial charge in [0, 0.05) is 0 Å². The van der Waals surface area contributed by atoms with Crippen molar-refractivity contribution >= 4 is 5.91 Å². The van der Waals surface area contributed by atoms with Gasteiger partial charge in [-0.15, -0.1) is 0 Å². The molecule has 2 heterocycles. The monoisotopic (exact) mass is 350 g/mol. The molecule has 1 amide bonds. The summed E-state index contributed by atoms with van der Waals surface area (Å²) >= 11 is 0. The standard InChI is InChI=1S/C15H15F5N2O2/c16-8-3-4-9(21-10(8)11(17)18)12(23)22-7-15(19,20)13(24)14(22)5-1-2-6-14/h3-4,11,13,24H,1-2,5-7H2. The van der Waals surface area contributed by atoms with Gasteiger partial charge in [-0.2, -0.15) is 0 Å². The highest BCUT2D eigenvalue weighted by atomic mass is 19.3. The lowest BCUT2D eigenvalue weighted by atomic mass is 9.90. The molecule has 1 saturated carbocycles. The van der Waals surface area contributed by atoms with Crippen LogP contribution in [0.4, 0.5) is 22.0 Å². The Hall–Kier alpha value is -1.77. The van der Waals surface area contributed by atoms with E-state index in [0.29, 0.717) is 18.9 Å². The summed E-state index contributed by atoms with van der Waals surface area (Å²) < 4.78 is 66.8. The van der Waals surface area contributed by atoms with Crippen LogP contribution < -0.4 is 0 Å². The van der Waals surface area contributed by atoms with Crippen molar-refractivity contribution in [1.82, 2.24) is 9.88 Å². The summed E-state index contributed by atoms with van der Waals surface area (Å²) in [6.45, 7) is -1.02. The van der Waals surface area contributed by atoms with Crippen LogP contribution in [0.25, 0.3) is 0 Å². The van der Waals surface area contributed by atoms with E-state index < -0.39 is 53.6 Å². The van der Waals surface area contributed by atoms with E-state index in [1.54, 1.807) is 0 Å². The Kier molecular flexibility index (Phi) is 4.01. The normalized spacial score (nSPS) is 25.0. The number of hydrogen-bond acceptors (Lipinski definition) is 3. The van der Waals surface area contributed by atoms with Crippen molar-refractivity contribution in [3.63, 3.8) is 0 Å². The zero-order valence-corrected chi connectivity index (χ0v) is 12.5. The third-order valence-corrected chi connectivity index (χ3v) is 4.83. The molecule has 132 valence electrons. The Bertz CT molecular complexity index is 661. The summed E-state index contributed by atoms with van der Waals surface area (Å²) in [7, 11) is 0. The minimum absolute atomic E-state index is 0.193. The maximum Gasteiger partial charge on any atom is 0.292 e. The maximum atomic E-state index is 14.0. The van der Waals surface area contributed by atoms with E-state index in [-0.39, 0.29) is 12.8 Å². The van der Waals surface area contributed by atoms with E-state index in [1.165, 1.54) is 0 Å². The van der Waals surface area contributed by atoms with Gasteiger partial charge in [0.15, 0.2) is 5.82 Å². The number of alkyl halides is 4. The number of rotatable bonds is 2. The van der Waals surface area contributed by atoms with Crippen LogP contribution in [0.5, 0.6) is 0 Å². The van der Waals surface area contributed by atoms with E-state index in [1.807, 2.05) is 0 Å². The number of carbonyl (C=O) groups is 1. The van der Waals surface area contributed by atoms with Crippen molar-refractivity contribution in [2.45, 2.75) is 49.7 Å². The number of aromatic nitrogens is 1. The lowest BCUT2D eigenvalue weighted by molar-refractivity contribution is -0.0959. The molecular formula is C15H15F5N2O2. The molecule has 0 aromatic carbocycles. The fraction of sp³-hybridized carbons (Fsp3) is 0.600. The Morgan fingerprint density at radius 1 is 1.29 bits per heavy atom. The number of pyridine rings is 1. The quantitative estimate of drug-likeness (QED) is 0.835. The summed E-state index contributed by atoms with van der Waals surface area (Å²) in [4.78, 5) is 16.7. The van der Waals surface area contributed by atoms with Crippen LogP contribution in [0.1, 0.15) is 48.3 Å². The number of halogens is 5. The Balaban J connectivity index is 1.99. The summed E-state index contributed by atoms with van der Waals surface area (Å²) in [5.74, 6) is -5.77. The number of likely N-dealkylation sites (tertiary alicyclic amines) is 1. The highest BCUT2D eigenvalue weighted by Gasteiger charge is 2.64. The van der Waals surface area contributed by atoms with Crippen molar-refractivity contribution < 1.29 is 31.9 Å². The average Bonchev–Trinajstić information content (AvgIpc) is 3.08. The van der Waals surface area contributed by atoms with E-state index in [2.05, 4.69) is 4.98 Å². The Morgan fingerprint density at radius 3 is 2.50 bits per heavy atom. The SMILES string of the molecule is O=C(c1ccc(F)c(C(F)F)n1)N1CC(F)(F)C(O)C12CCCC2. The first kappa shape index (κ1) is 17.1. The van der Waals surface area contributed by atoms with Gasteiger partial charge in [0.25, 0.3) is 18.3 Å². The molecule has 1 N–H and O–H groups in total. The van der Waals surface area contributed by atoms with Crippen LogP contribution in [-0.2, 0) is 0 Å². The number of carbonyl (C=O) groups excluding carboxylic acids is 1. The number of aliphatic hydroxyl groups is 1. The zero-order valence-electron chi connectivity index (χ0n) is 12.5. The first-order valence-electron chi connectivity index (χ1n) is 7.51. The zero-order chi connectivity index (χ0) is 17.7. The molecule has 1 aliphatic heterocycles. The molecule has 2 fully saturated rings. The second-order valence-corrected chi connectivity index (χ2v) is 6.23. The summed E-state index contributed by atoms with van der Waals surface area (Å²) in [6, 6.07) is 1.54. The van der Waals surface area contributed by atoms with Crippen molar-refractivity contribution in [2.75, 3.05) is 6.54 Å². The maximum absolute atomic E-state index is 14.0. The van der Waals surface area contributed by atoms with Gasteiger partial charge in [0.2, 0.25) is 0 Å². The van der Waals surface area contributed by atoms with Crippen molar-refractivity contribution in [2.24, 2.45) is 0 Å². The van der Waals surface area contributed by atoms with Crippen LogP contribution in [0, 0.1) is 5.82 Å². The number of hydrogen-bond donors (Lipinski definition) is 1. The number of amides is 1. The first-order chi connectivity index (χ1) is 11.2. The van der Waals surface area contributed by atoms with Gasteiger partial charge in [0.05, 0.1) is 12.1 Å². The van der Waals surface area contributed by atoms with Crippen molar-refractivity contribution in [3.8, 4) is 0 Å². The third kappa shape index (κ3) is 2.45. The van der Waals surface area contributed by atoms with Gasteiger partial charge < -0.3 is 10.0 Å². The lowest BCUT2D eigenvalue weighted by Crippen LogP contribution is -2.52. The highest BCUT2D eigenvalue weighted by Crippen LogP contribution is 2.49. The average molecular weight is 350 g/mol. The predicted octanol–water partition coefficient (Wildman–Crippen LogP) is 2.92. The van der Waals surface area contributed by atoms with Crippen molar-refractivity contribution in [3.05, 3.63) is 29.3 Å². The van der Waals surface area contributed by atoms with Gasteiger partial charge in [0.1, 0.15) is 17.5 Å². The summed E-state index contributed by atoms with van der Waals surface area (Å²) in [5, 5.41) is 10.0. The molecule has 24 heavy (non-hydrogen) atoms. The molecular weight excluding hydrogens is 335 g/mol. The molecule has 9 heteroatoms. The van der Waals surface area contributed by atoms with Crippen LogP contribution in [-0.4, -0.2) is 45.0 Å². The van der Waals surface area contributed by atoms with Crippen LogP contribution >= 0.6 is 0 Å². The Labute approximate surface area is 134 Å². The largest absolute Gasteiger partial charge is 0.384 e. The minimum atomic E-state index is -3.49. The van der Waals surface area contributed by atoms with E-state index >= 15 is 0 Å². The van der Waals surface area contributed by atoms with Gasteiger partial charge >= 0.3 is 0 Å². The van der Waals surface area contributed by atoms with E-state index in [4.69, 9.17) is 0 Å². The first-order valence-corrected chi connectivity index (χ1v) is 7.51. The minimum Gasteiger partial charge on any atom is -0.384 e. The molecule has 3 rings (SSSR count). The van der Waals surface area contributed by atoms with E-state index in [0.717, 1.165) is 11.0 Å².